The second kappa shape index (κ2) is 7.74. The number of halogens is 2. The maximum absolute atomic E-state index is 12.4. The quantitative estimate of drug-likeness (QED) is 0.877. The smallest absolute Gasteiger partial charge is 0.387 e. The van der Waals surface area contributed by atoms with Gasteiger partial charge < -0.3 is 15.2 Å². The Hall–Kier alpha value is -1.40. The third-order valence-corrected chi connectivity index (χ3v) is 4.10. The van der Waals surface area contributed by atoms with Crippen molar-refractivity contribution in [3.63, 3.8) is 0 Å². The van der Waals surface area contributed by atoms with E-state index < -0.39 is 6.61 Å². The first-order valence-corrected chi connectivity index (χ1v) is 7.62. The van der Waals surface area contributed by atoms with Gasteiger partial charge >= 0.3 is 6.61 Å². The van der Waals surface area contributed by atoms with Crippen molar-refractivity contribution in [1.82, 2.24) is 4.90 Å². The summed E-state index contributed by atoms with van der Waals surface area (Å²) in [5.74, 6) is 0.385. The standard InChI is InChI=1S/C16H24F2N2O2/c1-11(19)13-5-3-4-8-20(13)10-12-6-7-14(22-16(17)18)15(9-12)21-2/h6-7,9,11,13,16H,3-5,8,10,19H2,1-2H3. The molecule has 0 bridgehead atoms. The van der Waals surface area contributed by atoms with E-state index >= 15 is 0 Å². The fraction of sp³-hybridized carbons (Fsp3) is 0.625. The normalized spacial score (nSPS) is 20.9. The number of benzene rings is 1. The Kier molecular flexibility index (Phi) is 5.97. The lowest BCUT2D eigenvalue weighted by Crippen LogP contribution is -2.48. The summed E-state index contributed by atoms with van der Waals surface area (Å²) in [5, 5.41) is 0. The first kappa shape index (κ1) is 17.0. The van der Waals surface area contributed by atoms with E-state index in [0.717, 1.165) is 31.5 Å². The number of nitrogens with two attached hydrogens (primary N) is 1. The summed E-state index contributed by atoms with van der Waals surface area (Å²) in [6, 6.07) is 5.56. The average molecular weight is 314 g/mol. The largest absolute Gasteiger partial charge is 0.493 e. The van der Waals surface area contributed by atoms with Crippen LogP contribution in [0.25, 0.3) is 0 Å². The Balaban J connectivity index is 2.11. The lowest BCUT2D eigenvalue weighted by atomic mass is 9.96. The van der Waals surface area contributed by atoms with E-state index in [1.54, 1.807) is 12.1 Å². The van der Waals surface area contributed by atoms with Crippen molar-refractivity contribution < 1.29 is 18.3 Å². The van der Waals surface area contributed by atoms with Gasteiger partial charge in [0.2, 0.25) is 0 Å². The molecule has 0 aliphatic carbocycles. The fourth-order valence-electron chi connectivity index (χ4n) is 3.05. The molecule has 2 atom stereocenters. The highest BCUT2D eigenvalue weighted by Gasteiger charge is 2.25. The van der Waals surface area contributed by atoms with Crippen molar-refractivity contribution in [2.75, 3.05) is 13.7 Å². The van der Waals surface area contributed by atoms with Crippen molar-refractivity contribution in [2.24, 2.45) is 5.73 Å². The van der Waals surface area contributed by atoms with E-state index in [-0.39, 0.29) is 11.8 Å². The number of nitrogens with zero attached hydrogens (tertiary/aromatic N) is 1. The number of rotatable bonds is 6. The van der Waals surface area contributed by atoms with Gasteiger partial charge in [0.05, 0.1) is 7.11 Å². The molecule has 124 valence electrons. The molecule has 6 heteroatoms. The highest BCUT2D eigenvalue weighted by Crippen LogP contribution is 2.31. The molecule has 2 unspecified atom stereocenters. The molecule has 1 fully saturated rings. The van der Waals surface area contributed by atoms with Crippen LogP contribution in [0.2, 0.25) is 0 Å². The minimum Gasteiger partial charge on any atom is -0.493 e. The summed E-state index contributed by atoms with van der Waals surface area (Å²) in [6.45, 7) is 0.911. The Labute approximate surface area is 130 Å². The number of methoxy groups -OCH3 is 1. The SMILES string of the molecule is COc1cc(CN2CCCCC2C(C)N)ccc1OC(F)F. The Morgan fingerprint density at radius 1 is 1.32 bits per heavy atom. The molecule has 1 aliphatic rings. The molecule has 2 N–H and O–H groups in total. The summed E-state index contributed by atoms with van der Waals surface area (Å²) in [6.07, 6.45) is 3.46. The molecule has 2 rings (SSSR count). The maximum Gasteiger partial charge on any atom is 0.387 e. The number of alkyl halides is 2. The lowest BCUT2D eigenvalue weighted by molar-refractivity contribution is -0.0512. The molecule has 1 aliphatic heterocycles. The zero-order valence-electron chi connectivity index (χ0n) is 13.1. The molecule has 4 nitrogen and oxygen atoms in total. The van der Waals surface area contributed by atoms with Crippen LogP contribution >= 0.6 is 0 Å². The fourth-order valence-corrected chi connectivity index (χ4v) is 3.05. The van der Waals surface area contributed by atoms with Gasteiger partial charge in [0.15, 0.2) is 11.5 Å². The number of likely N-dealkylation sites (tertiary alicyclic amines) is 1. The summed E-state index contributed by atoms with van der Waals surface area (Å²) < 4.78 is 34.3. The van der Waals surface area contributed by atoms with Gasteiger partial charge in [-0.15, -0.1) is 0 Å². The second-order valence-corrected chi connectivity index (χ2v) is 5.76. The predicted molar refractivity (Wildman–Crippen MR) is 81.3 cm³/mol. The summed E-state index contributed by atoms with van der Waals surface area (Å²) in [5.41, 5.74) is 7.08. The zero-order chi connectivity index (χ0) is 16.1. The van der Waals surface area contributed by atoms with E-state index in [1.165, 1.54) is 19.6 Å². The van der Waals surface area contributed by atoms with Crippen LogP contribution in [-0.2, 0) is 6.54 Å². The summed E-state index contributed by atoms with van der Waals surface area (Å²) in [7, 11) is 1.45. The molecule has 0 aromatic heterocycles. The van der Waals surface area contributed by atoms with Crippen molar-refractivity contribution in [1.29, 1.82) is 0 Å². The van der Waals surface area contributed by atoms with Crippen LogP contribution in [0.5, 0.6) is 11.5 Å². The Morgan fingerprint density at radius 2 is 2.09 bits per heavy atom. The van der Waals surface area contributed by atoms with Gasteiger partial charge in [0.1, 0.15) is 0 Å². The molecule has 0 spiro atoms. The number of hydrogen-bond acceptors (Lipinski definition) is 4. The van der Waals surface area contributed by atoms with Gasteiger partial charge in [-0.1, -0.05) is 12.5 Å². The molecule has 22 heavy (non-hydrogen) atoms. The van der Waals surface area contributed by atoms with Crippen LogP contribution in [0.15, 0.2) is 18.2 Å². The average Bonchev–Trinajstić information content (AvgIpc) is 2.48. The molecular weight excluding hydrogens is 290 g/mol. The van der Waals surface area contributed by atoms with E-state index in [1.807, 2.05) is 6.92 Å². The van der Waals surface area contributed by atoms with E-state index in [2.05, 4.69) is 9.64 Å². The zero-order valence-corrected chi connectivity index (χ0v) is 13.1. The maximum atomic E-state index is 12.4. The molecule has 1 aromatic rings. The van der Waals surface area contributed by atoms with Crippen LogP contribution in [0, 0.1) is 0 Å². The van der Waals surface area contributed by atoms with Crippen molar-refractivity contribution in [3.8, 4) is 11.5 Å². The lowest BCUT2D eigenvalue weighted by Gasteiger charge is -2.38. The third-order valence-electron chi connectivity index (χ3n) is 4.10. The van der Waals surface area contributed by atoms with Crippen LogP contribution in [-0.4, -0.2) is 37.2 Å². The highest BCUT2D eigenvalue weighted by atomic mass is 19.3. The summed E-state index contributed by atoms with van der Waals surface area (Å²) in [4.78, 5) is 2.36. The topological polar surface area (TPSA) is 47.7 Å². The predicted octanol–water partition coefficient (Wildman–Crippen LogP) is 3.00. The molecular formula is C16H24F2N2O2. The minimum absolute atomic E-state index is 0.0589. The van der Waals surface area contributed by atoms with Gasteiger partial charge in [-0.3, -0.25) is 4.90 Å². The number of hydrogen-bond donors (Lipinski definition) is 1. The van der Waals surface area contributed by atoms with Crippen molar-refractivity contribution in [3.05, 3.63) is 23.8 Å². The third kappa shape index (κ3) is 4.30. The van der Waals surface area contributed by atoms with Gasteiger partial charge in [-0.05, 0) is 44.0 Å². The summed E-state index contributed by atoms with van der Waals surface area (Å²) >= 11 is 0. The molecule has 0 radical (unpaired) electrons. The van der Waals surface area contributed by atoms with E-state index in [4.69, 9.17) is 10.5 Å². The molecule has 1 aromatic carbocycles. The molecule has 0 amide bonds. The number of ether oxygens (including phenoxy) is 2. The van der Waals surface area contributed by atoms with Crippen LogP contribution < -0.4 is 15.2 Å². The Morgan fingerprint density at radius 3 is 2.73 bits per heavy atom. The van der Waals surface area contributed by atoms with Gasteiger partial charge in [0.25, 0.3) is 0 Å². The van der Waals surface area contributed by atoms with Gasteiger partial charge in [-0.2, -0.15) is 8.78 Å². The van der Waals surface area contributed by atoms with Crippen LogP contribution in [0.3, 0.4) is 0 Å². The molecule has 1 saturated heterocycles. The van der Waals surface area contributed by atoms with Gasteiger partial charge in [0, 0.05) is 18.6 Å². The minimum atomic E-state index is -2.86. The highest BCUT2D eigenvalue weighted by molar-refractivity contribution is 5.43. The first-order chi connectivity index (χ1) is 10.5. The van der Waals surface area contributed by atoms with Crippen LogP contribution in [0.4, 0.5) is 8.78 Å². The van der Waals surface area contributed by atoms with Crippen molar-refractivity contribution in [2.45, 2.75) is 51.4 Å². The van der Waals surface area contributed by atoms with Gasteiger partial charge in [-0.25, -0.2) is 0 Å². The first-order valence-electron chi connectivity index (χ1n) is 7.62. The molecule has 0 saturated carbocycles. The Bertz CT molecular complexity index is 483. The monoisotopic (exact) mass is 314 g/mol. The van der Waals surface area contributed by atoms with E-state index in [0.29, 0.717) is 11.8 Å². The molecule has 1 heterocycles. The van der Waals surface area contributed by atoms with Crippen molar-refractivity contribution >= 4 is 0 Å². The van der Waals surface area contributed by atoms with E-state index in [9.17, 15) is 8.78 Å². The second-order valence-electron chi connectivity index (χ2n) is 5.76. The van der Waals surface area contributed by atoms with Crippen LogP contribution in [0.1, 0.15) is 31.7 Å². The number of piperidine rings is 1.